The van der Waals surface area contributed by atoms with Crippen molar-refractivity contribution in [3.05, 3.63) is 65.0 Å². The molecule has 0 atom stereocenters. The summed E-state index contributed by atoms with van der Waals surface area (Å²) < 4.78 is 0. The maximum absolute atomic E-state index is 4.68. The van der Waals surface area contributed by atoms with Gasteiger partial charge in [-0.25, -0.2) is 15.0 Å². The highest BCUT2D eigenvalue weighted by molar-refractivity contribution is 7.08. The van der Waals surface area contributed by atoms with Gasteiger partial charge in [0, 0.05) is 28.1 Å². The van der Waals surface area contributed by atoms with Crippen LogP contribution in [0.25, 0.3) is 33.7 Å². The lowest BCUT2D eigenvalue weighted by Crippen LogP contribution is -1.93. The molecule has 3 aromatic heterocycles. The Morgan fingerprint density at radius 1 is 0.864 bits per heavy atom. The molecule has 0 saturated carbocycles. The molecule has 22 heavy (non-hydrogen) atoms. The van der Waals surface area contributed by atoms with Gasteiger partial charge < -0.3 is 0 Å². The highest BCUT2D eigenvalue weighted by atomic mass is 32.1. The van der Waals surface area contributed by atoms with Gasteiger partial charge in [-0.1, -0.05) is 29.8 Å². The number of nitrogens with zero attached hydrogens (tertiary/aromatic N) is 3. The SMILES string of the molecule is Cc1ccc(-c2ncc3ccc(-c4ccsc4)nc3n2)cc1. The first-order chi connectivity index (χ1) is 10.8. The summed E-state index contributed by atoms with van der Waals surface area (Å²) in [5.74, 6) is 0.711. The third kappa shape index (κ3) is 2.38. The van der Waals surface area contributed by atoms with Crippen LogP contribution < -0.4 is 0 Å². The molecule has 4 aromatic rings. The maximum Gasteiger partial charge on any atom is 0.163 e. The van der Waals surface area contributed by atoms with Gasteiger partial charge in [0.05, 0.1) is 5.69 Å². The summed E-state index contributed by atoms with van der Waals surface area (Å²) in [4.78, 5) is 13.8. The summed E-state index contributed by atoms with van der Waals surface area (Å²) in [6.45, 7) is 2.07. The van der Waals surface area contributed by atoms with Crippen molar-refractivity contribution < 1.29 is 0 Å². The molecule has 0 radical (unpaired) electrons. The Labute approximate surface area is 132 Å². The molecule has 0 N–H and O–H groups in total. The molecule has 4 heteroatoms. The molecule has 0 bridgehead atoms. The first kappa shape index (κ1) is 13.1. The Morgan fingerprint density at radius 3 is 2.50 bits per heavy atom. The minimum atomic E-state index is 0.711. The van der Waals surface area contributed by atoms with E-state index in [1.54, 1.807) is 11.3 Å². The molecular weight excluding hydrogens is 290 g/mol. The largest absolute Gasteiger partial charge is 0.236 e. The molecule has 0 aliphatic carbocycles. The van der Waals surface area contributed by atoms with Crippen LogP contribution >= 0.6 is 11.3 Å². The van der Waals surface area contributed by atoms with E-state index < -0.39 is 0 Å². The maximum atomic E-state index is 4.68. The molecule has 0 spiro atoms. The van der Waals surface area contributed by atoms with Crippen LogP contribution in [0.4, 0.5) is 0 Å². The van der Waals surface area contributed by atoms with E-state index in [1.807, 2.05) is 30.5 Å². The predicted molar refractivity (Wildman–Crippen MR) is 90.8 cm³/mol. The van der Waals surface area contributed by atoms with Crippen molar-refractivity contribution >= 4 is 22.4 Å². The van der Waals surface area contributed by atoms with Crippen LogP contribution in [0.2, 0.25) is 0 Å². The number of thiophene rings is 1. The van der Waals surface area contributed by atoms with Crippen LogP contribution in [0.3, 0.4) is 0 Å². The first-order valence-corrected chi connectivity index (χ1v) is 7.97. The van der Waals surface area contributed by atoms with Crippen molar-refractivity contribution in [3.8, 4) is 22.6 Å². The van der Waals surface area contributed by atoms with Gasteiger partial charge in [-0.2, -0.15) is 11.3 Å². The number of pyridine rings is 1. The third-order valence-corrected chi connectivity index (χ3v) is 4.25. The van der Waals surface area contributed by atoms with Crippen LogP contribution in [-0.4, -0.2) is 15.0 Å². The third-order valence-electron chi connectivity index (χ3n) is 3.57. The lowest BCUT2D eigenvalue weighted by molar-refractivity contribution is 1.19. The van der Waals surface area contributed by atoms with Crippen molar-refractivity contribution in [1.82, 2.24) is 15.0 Å². The molecular formula is C18H13N3S. The van der Waals surface area contributed by atoms with Gasteiger partial charge in [0.1, 0.15) is 0 Å². The van der Waals surface area contributed by atoms with E-state index in [0.717, 1.165) is 27.9 Å². The topological polar surface area (TPSA) is 38.7 Å². The molecule has 0 aliphatic heterocycles. The van der Waals surface area contributed by atoms with Crippen LogP contribution in [0.5, 0.6) is 0 Å². The van der Waals surface area contributed by atoms with E-state index in [1.165, 1.54) is 5.56 Å². The molecule has 0 saturated heterocycles. The number of aryl methyl sites for hydroxylation is 1. The summed E-state index contributed by atoms with van der Waals surface area (Å²) in [5, 5.41) is 5.10. The number of fused-ring (bicyclic) bond motifs is 1. The van der Waals surface area contributed by atoms with Crippen molar-refractivity contribution in [2.24, 2.45) is 0 Å². The number of hydrogen-bond acceptors (Lipinski definition) is 4. The Bertz CT molecular complexity index is 928. The smallest absolute Gasteiger partial charge is 0.163 e. The minimum absolute atomic E-state index is 0.711. The average molecular weight is 303 g/mol. The molecule has 3 nitrogen and oxygen atoms in total. The predicted octanol–water partition coefficient (Wildman–Crippen LogP) is 4.73. The van der Waals surface area contributed by atoms with Gasteiger partial charge >= 0.3 is 0 Å². The number of hydrogen-bond donors (Lipinski definition) is 0. The molecule has 3 heterocycles. The lowest BCUT2D eigenvalue weighted by atomic mass is 10.1. The molecule has 0 amide bonds. The zero-order valence-electron chi connectivity index (χ0n) is 12.0. The second-order valence-corrected chi connectivity index (χ2v) is 5.96. The molecule has 0 aliphatic rings. The highest BCUT2D eigenvalue weighted by Gasteiger charge is 2.06. The van der Waals surface area contributed by atoms with Gasteiger partial charge in [0.2, 0.25) is 0 Å². The zero-order chi connectivity index (χ0) is 14.9. The van der Waals surface area contributed by atoms with E-state index in [0.29, 0.717) is 5.82 Å². The Balaban J connectivity index is 1.83. The monoisotopic (exact) mass is 303 g/mol. The fourth-order valence-electron chi connectivity index (χ4n) is 2.32. The Kier molecular flexibility index (Phi) is 3.16. The van der Waals surface area contributed by atoms with Crippen LogP contribution in [0, 0.1) is 6.92 Å². The van der Waals surface area contributed by atoms with E-state index >= 15 is 0 Å². The average Bonchev–Trinajstić information content (AvgIpc) is 3.09. The van der Waals surface area contributed by atoms with E-state index in [9.17, 15) is 0 Å². The second-order valence-electron chi connectivity index (χ2n) is 5.18. The zero-order valence-corrected chi connectivity index (χ0v) is 12.8. The van der Waals surface area contributed by atoms with Gasteiger partial charge in [0.15, 0.2) is 11.5 Å². The van der Waals surface area contributed by atoms with Gasteiger partial charge in [-0.05, 0) is 30.5 Å². The molecule has 4 rings (SSSR count). The summed E-state index contributed by atoms with van der Waals surface area (Å²) in [6, 6.07) is 14.3. The number of rotatable bonds is 2. The minimum Gasteiger partial charge on any atom is -0.236 e. The summed E-state index contributed by atoms with van der Waals surface area (Å²) in [7, 11) is 0. The van der Waals surface area contributed by atoms with Crippen molar-refractivity contribution in [1.29, 1.82) is 0 Å². The van der Waals surface area contributed by atoms with Gasteiger partial charge in [-0.15, -0.1) is 0 Å². The molecule has 0 fully saturated rings. The van der Waals surface area contributed by atoms with Crippen LogP contribution in [0.15, 0.2) is 59.4 Å². The molecule has 106 valence electrons. The Morgan fingerprint density at radius 2 is 1.73 bits per heavy atom. The van der Waals surface area contributed by atoms with Gasteiger partial charge in [-0.3, -0.25) is 0 Å². The molecule has 1 aromatic carbocycles. The standard InChI is InChI=1S/C18H13N3S/c1-12-2-4-13(5-3-12)17-19-10-14-6-7-16(20-18(14)21-17)15-8-9-22-11-15/h2-11H,1H3. The Hall–Kier alpha value is -2.59. The fraction of sp³-hybridized carbons (Fsp3) is 0.0556. The number of benzene rings is 1. The van der Waals surface area contributed by atoms with E-state index in [4.69, 9.17) is 0 Å². The summed E-state index contributed by atoms with van der Waals surface area (Å²) in [5.41, 5.74) is 5.04. The molecule has 0 unspecified atom stereocenters. The normalized spacial score (nSPS) is 11.0. The number of aromatic nitrogens is 3. The summed E-state index contributed by atoms with van der Waals surface area (Å²) in [6.07, 6.45) is 1.84. The van der Waals surface area contributed by atoms with Crippen molar-refractivity contribution in [3.63, 3.8) is 0 Å². The second kappa shape index (κ2) is 5.31. The van der Waals surface area contributed by atoms with Gasteiger partial charge in [0.25, 0.3) is 0 Å². The van der Waals surface area contributed by atoms with E-state index in [-0.39, 0.29) is 0 Å². The lowest BCUT2D eigenvalue weighted by Gasteiger charge is -2.04. The fourth-order valence-corrected chi connectivity index (χ4v) is 2.97. The van der Waals surface area contributed by atoms with Crippen molar-refractivity contribution in [2.75, 3.05) is 0 Å². The highest BCUT2D eigenvalue weighted by Crippen LogP contribution is 2.23. The van der Waals surface area contributed by atoms with Crippen LogP contribution in [0.1, 0.15) is 5.56 Å². The summed E-state index contributed by atoms with van der Waals surface area (Å²) >= 11 is 1.67. The van der Waals surface area contributed by atoms with Crippen LogP contribution in [-0.2, 0) is 0 Å². The van der Waals surface area contributed by atoms with E-state index in [2.05, 4.69) is 50.8 Å². The quantitative estimate of drug-likeness (QED) is 0.537. The van der Waals surface area contributed by atoms with Crippen molar-refractivity contribution in [2.45, 2.75) is 6.92 Å². The first-order valence-electron chi connectivity index (χ1n) is 7.03.